The second-order valence-corrected chi connectivity index (χ2v) is 3.59. The fraction of sp³-hybridized carbons (Fsp3) is 0.500. The Bertz CT molecular complexity index is 293. The number of aromatic nitrogens is 1. The molecule has 3 nitrogen and oxygen atoms in total. The highest BCUT2D eigenvalue weighted by Gasteiger charge is 2.12. The quantitative estimate of drug-likeness (QED) is 0.734. The van der Waals surface area contributed by atoms with Crippen molar-refractivity contribution in [1.82, 2.24) is 9.88 Å². The maximum absolute atomic E-state index is 11.6. The minimum atomic E-state index is 0.000000000000000444. The first-order valence-electron chi connectivity index (χ1n) is 4.45. The van der Waals surface area contributed by atoms with Gasteiger partial charge in [-0.05, 0) is 32.4 Å². The minimum absolute atomic E-state index is 0.000000000000000444. The molecule has 0 atom stereocenters. The van der Waals surface area contributed by atoms with E-state index < -0.39 is 0 Å². The predicted octanol–water partition coefficient (Wildman–Crippen LogP) is 1.47. The third-order valence-corrected chi connectivity index (χ3v) is 1.91. The molecule has 0 spiro atoms. The summed E-state index contributed by atoms with van der Waals surface area (Å²) in [6.07, 6.45) is 1.89. The molecule has 1 N–H and O–H groups in total. The highest BCUT2D eigenvalue weighted by atomic mass is 16.2. The summed E-state index contributed by atoms with van der Waals surface area (Å²) in [5.74, 6) is 0.000000000000000444. The maximum atomic E-state index is 11.6. The zero-order valence-electron chi connectivity index (χ0n) is 8.59. The Morgan fingerprint density at radius 1 is 1.54 bits per heavy atom. The summed E-state index contributed by atoms with van der Waals surface area (Å²) in [6, 6.07) is 2.12. The van der Waals surface area contributed by atoms with Gasteiger partial charge in [-0.3, -0.25) is 4.79 Å². The van der Waals surface area contributed by atoms with Crippen molar-refractivity contribution in [1.29, 1.82) is 0 Å². The number of hydrogen-bond donors (Lipinski definition) is 1. The monoisotopic (exact) mass is 180 g/mol. The lowest BCUT2D eigenvalue weighted by Crippen LogP contribution is -2.31. The van der Waals surface area contributed by atoms with Gasteiger partial charge in [-0.1, -0.05) is 0 Å². The largest absolute Gasteiger partial charge is 0.349 e. The maximum Gasteiger partial charge on any atom is 0.268 e. The van der Waals surface area contributed by atoms with Gasteiger partial charge in [-0.15, -0.1) is 0 Å². The van der Waals surface area contributed by atoms with Crippen molar-refractivity contribution in [2.24, 2.45) is 7.05 Å². The third kappa shape index (κ3) is 2.11. The number of nitrogens with one attached hydrogen (secondary N) is 1. The molecular weight excluding hydrogens is 164 g/mol. The number of nitrogens with zero attached hydrogens (tertiary/aromatic N) is 1. The highest BCUT2D eigenvalue weighted by molar-refractivity contribution is 5.94. The number of rotatable bonds is 2. The van der Waals surface area contributed by atoms with Gasteiger partial charge in [-0.2, -0.15) is 0 Å². The van der Waals surface area contributed by atoms with Crippen LogP contribution in [-0.4, -0.2) is 16.5 Å². The second-order valence-electron chi connectivity index (χ2n) is 3.59. The molecule has 0 unspecified atom stereocenters. The molecule has 0 aliphatic heterocycles. The van der Waals surface area contributed by atoms with Gasteiger partial charge >= 0.3 is 0 Å². The van der Waals surface area contributed by atoms with Crippen molar-refractivity contribution in [2.45, 2.75) is 26.8 Å². The van der Waals surface area contributed by atoms with E-state index in [1.807, 2.05) is 44.6 Å². The summed E-state index contributed by atoms with van der Waals surface area (Å²) in [6.45, 7) is 5.85. The van der Waals surface area contributed by atoms with Crippen LogP contribution in [0.25, 0.3) is 0 Å². The Morgan fingerprint density at radius 2 is 2.15 bits per heavy atom. The van der Waals surface area contributed by atoms with Crippen LogP contribution in [0.2, 0.25) is 0 Å². The SMILES string of the molecule is Cc1ccn(C)c1C(=O)NC(C)C. The van der Waals surface area contributed by atoms with E-state index in [9.17, 15) is 4.79 Å². The Morgan fingerprint density at radius 3 is 2.54 bits per heavy atom. The zero-order valence-corrected chi connectivity index (χ0v) is 8.59. The van der Waals surface area contributed by atoms with E-state index in [0.29, 0.717) is 0 Å². The molecule has 1 aromatic rings. The molecule has 3 heteroatoms. The van der Waals surface area contributed by atoms with Crippen LogP contribution in [0.3, 0.4) is 0 Å². The molecule has 72 valence electrons. The van der Waals surface area contributed by atoms with Crippen LogP contribution < -0.4 is 5.32 Å². The number of carbonyl (C=O) groups excluding carboxylic acids is 1. The van der Waals surface area contributed by atoms with Gasteiger partial charge in [0, 0.05) is 19.3 Å². The molecule has 0 aliphatic carbocycles. The Kier molecular flexibility index (Phi) is 2.76. The fourth-order valence-corrected chi connectivity index (χ4v) is 1.33. The van der Waals surface area contributed by atoms with Gasteiger partial charge in [-0.25, -0.2) is 0 Å². The van der Waals surface area contributed by atoms with Crippen LogP contribution >= 0.6 is 0 Å². The van der Waals surface area contributed by atoms with Crippen LogP contribution in [0.5, 0.6) is 0 Å². The van der Waals surface area contributed by atoms with Crippen molar-refractivity contribution in [2.75, 3.05) is 0 Å². The lowest BCUT2D eigenvalue weighted by Gasteiger charge is -2.09. The summed E-state index contributed by atoms with van der Waals surface area (Å²) in [5, 5.41) is 2.87. The standard InChI is InChI=1S/C10H16N2O/c1-7(2)11-10(13)9-8(3)5-6-12(9)4/h5-7H,1-4H3,(H,11,13). The summed E-state index contributed by atoms with van der Waals surface area (Å²) >= 11 is 0. The number of carbonyl (C=O) groups is 1. The van der Waals surface area contributed by atoms with E-state index >= 15 is 0 Å². The first kappa shape index (κ1) is 9.84. The molecule has 1 heterocycles. The molecule has 0 saturated heterocycles. The van der Waals surface area contributed by atoms with Crippen molar-refractivity contribution in [3.8, 4) is 0 Å². The molecule has 1 rings (SSSR count). The lowest BCUT2D eigenvalue weighted by molar-refractivity contribution is 0.0934. The fourth-order valence-electron chi connectivity index (χ4n) is 1.33. The minimum Gasteiger partial charge on any atom is -0.349 e. The summed E-state index contributed by atoms with van der Waals surface area (Å²) in [4.78, 5) is 11.6. The van der Waals surface area contributed by atoms with Crippen LogP contribution in [-0.2, 0) is 7.05 Å². The van der Waals surface area contributed by atoms with Crippen LogP contribution in [0.1, 0.15) is 29.9 Å². The van der Waals surface area contributed by atoms with E-state index in [0.717, 1.165) is 11.3 Å². The average molecular weight is 180 g/mol. The third-order valence-electron chi connectivity index (χ3n) is 1.91. The molecule has 1 aromatic heterocycles. The highest BCUT2D eigenvalue weighted by Crippen LogP contribution is 2.07. The smallest absolute Gasteiger partial charge is 0.268 e. The van der Waals surface area contributed by atoms with Crippen molar-refractivity contribution >= 4 is 5.91 Å². The average Bonchev–Trinajstić information content (AvgIpc) is 2.29. The van der Waals surface area contributed by atoms with Crippen molar-refractivity contribution in [3.63, 3.8) is 0 Å². The topological polar surface area (TPSA) is 34.0 Å². The lowest BCUT2D eigenvalue weighted by atomic mass is 10.2. The van der Waals surface area contributed by atoms with Gasteiger partial charge in [0.05, 0.1) is 0 Å². The van der Waals surface area contributed by atoms with Crippen LogP contribution in [0.4, 0.5) is 0 Å². The van der Waals surface area contributed by atoms with Gasteiger partial charge in [0.2, 0.25) is 0 Å². The zero-order chi connectivity index (χ0) is 10.0. The Balaban J connectivity index is 2.88. The first-order valence-corrected chi connectivity index (χ1v) is 4.45. The van der Waals surface area contributed by atoms with E-state index in [4.69, 9.17) is 0 Å². The van der Waals surface area contributed by atoms with E-state index in [1.165, 1.54) is 0 Å². The Hall–Kier alpha value is -1.25. The number of hydrogen-bond acceptors (Lipinski definition) is 1. The molecule has 0 bridgehead atoms. The summed E-state index contributed by atoms with van der Waals surface area (Å²) in [5.41, 5.74) is 1.76. The molecule has 13 heavy (non-hydrogen) atoms. The molecule has 0 aliphatic rings. The number of amides is 1. The van der Waals surface area contributed by atoms with Gasteiger partial charge in [0.15, 0.2) is 0 Å². The summed E-state index contributed by atoms with van der Waals surface area (Å²) < 4.78 is 1.84. The normalized spacial score (nSPS) is 10.5. The van der Waals surface area contributed by atoms with Crippen molar-refractivity contribution in [3.05, 3.63) is 23.5 Å². The molecule has 1 amide bonds. The molecule has 0 radical (unpaired) electrons. The Labute approximate surface area is 78.8 Å². The van der Waals surface area contributed by atoms with Gasteiger partial charge in [0.1, 0.15) is 5.69 Å². The molecule has 0 fully saturated rings. The van der Waals surface area contributed by atoms with Crippen LogP contribution in [0.15, 0.2) is 12.3 Å². The first-order chi connectivity index (χ1) is 6.02. The summed E-state index contributed by atoms with van der Waals surface area (Å²) in [7, 11) is 1.88. The predicted molar refractivity (Wildman–Crippen MR) is 52.8 cm³/mol. The molecule has 0 saturated carbocycles. The van der Waals surface area contributed by atoms with Crippen molar-refractivity contribution < 1.29 is 4.79 Å². The van der Waals surface area contributed by atoms with E-state index in [2.05, 4.69) is 5.32 Å². The second kappa shape index (κ2) is 3.64. The molecular formula is C10H16N2O. The molecule has 0 aromatic carbocycles. The van der Waals surface area contributed by atoms with Gasteiger partial charge < -0.3 is 9.88 Å². The van der Waals surface area contributed by atoms with E-state index in [1.54, 1.807) is 0 Å². The number of aryl methyl sites for hydroxylation is 2. The van der Waals surface area contributed by atoms with Crippen LogP contribution in [0, 0.1) is 6.92 Å². The van der Waals surface area contributed by atoms with E-state index in [-0.39, 0.29) is 11.9 Å². The van der Waals surface area contributed by atoms with Gasteiger partial charge in [0.25, 0.3) is 5.91 Å².